The van der Waals surface area contributed by atoms with E-state index in [1.165, 1.54) is 24.3 Å². The standard InChI is InChI=1S/C24H18ClF2N5O2S/c25-18-13-17(10-11-19(18)27)28-23(34)29-20(12-14-4-2-1-3-5-14)21(33)30-24-32-31-22(35-24)15-6-8-16(26)9-7-15/h1-11,13,20H,12H2,(H2,28,29,34)(H,30,32,33)/t20-/m1/s1. The number of hydrogen-bond acceptors (Lipinski definition) is 5. The van der Waals surface area contributed by atoms with Crippen molar-refractivity contribution >= 4 is 45.7 Å². The van der Waals surface area contributed by atoms with Gasteiger partial charge in [-0.1, -0.05) is 53.3 Å². The van der Waals surface area contributed by atoms with Crippen LogP contribution in [0.3, 0.4) is 0 Å². The second-order valence-electron chi connectivity index (χ2n) is 7.38. The zero-order chi connectivity index (χ0) is 24.8. The number of amides is 3. The summed E-state index contributed by atoms with van der Waals surface area (Å²) in [5.74, 6) is -1.50. The second-order valence-corrected chi connectivity index (χ2v) is 8.76. The molecule has 0 aliphatic carbocycles. The number of nitrogens with one attached hydrogen (secondary N) is 3. The van der Waals surface area contributed by atoms with Crippen LogP contribution in [0.15, 0.2) is 72.8 Å². The summed E-state index contributed by atoms with van der Waals surface area (Å²) < 4.78 is 26.6. The molecule has 4 aromatic rings. The van der Waals surface area contributed by atoms with Gasteiger partial charge in [-0.25, -0.2) is 13.6 Å². The summed E-state index contributed by atoms with van der Waals surface area (Å²) in [7, 11) is 0. The maximum Gasteiger partial charge on any atom is 0.319 e. The van der Waals surface area contributed by atoms with Crippen LogP contribution in [-0.2, 0) is 11.2 Å². The molecular weight excluding hydrogens is 496 g/mol. The molecule has 178 valence electrons. The highest BCUT2D eigenvalue weighted by atomic mass is 35.5. The fourth-order valence-corrected chi connectivity index (χ4v) is 4.07. The van der Waals surface area contributed by atoms with E-state index in [1.807, 2.05) is 30.3 Å². The van der Waals surface area contributed by atoms with Crippen LogP contribution >= 0.6 is 22.9 Å². The Morgan fingerprint density at radius 3 is 2.40 bits per heavy atom. The highest BCUT2D eigenvalue weighted by Gasteiger charge is 2.23. The largest absolute Gasteiger partial charge is 0.326 e. The van der Waals surface area contributed by atoms with Crippen molar-refractivity contribution in [1.29, 1.82) is 0 Å². The van der Waals surface area contributed by atoms with Gasteiger partial charge in [-0.2, -0.15) is 0 Å². The lowest BCUT2D eigenvalue weighted by atomic mass is 10.1. The fraction of sp³-hybridized carbons (Fsp3) is 0.0833. The molecule has 0 aliphatic heterocycles. The van der Waals surface area contributed by atoms with Gasteiger partial charge in [0.05, 0.1) is 5.02 Å². The van der Waals surface area contributed by atoms with Crippen molar-refractivity contribution in [2.45, 2.75) is 12.5 Å². The molecule has 0 aliphatic rings. The maximum absolute atomic E-state index is 13.4. The number of aromatic nitrogens is 2. The van der Waals surface area contributed by atoms with Crippen LogP contribution < -0.4 is 16.0 Å². The molecule has 3 aromatic carbocycles. The van der Waals surface area contributed by atoms with Crippen LogP contribution in [0.2, 0.25) is 5.02 Å². The lowest BCUT2D eigenvalue weighted by molar-refractivity contribution is -0.117. The van der Waals surface area contributed by atoms with E-state index < -0.39 is 23.8 Å². The van der Waals surface area contributed by atoms with Crippen molar-refractivity contribution in [3.8, 4) is 10.6 Å². The van der Waals surface area contributed by atoms with Crippen molar-refractivity contribution in [3.05, 3.63) is 95.0 Å². The van der Waals surface area contributed by atoms with Crippen LogP contribution in [-0.4, -0.2) is 28.2 Å². The summed E-state index contributed by atoms with van der Waals surface area (Å²) in [5, 5.41) is 16.4. The van der Waals surface area contributed by atoms with Gasteiger partial charge in [-0.15, -0.1) is 10.2 Å². The van der Waals surface area contributed by atoms with Gasteiger partial charge < -0.3 is 10.6 Å². The number of hydrogen-bond donors (Lipinski definition) is 3. The smallest absolute Gasteiger partial charge is 0.319 e. The second kappa shape index (κ2) is 11.0. The Hall–Kier alpha value is -3.89. The number of urea groups is 1. The molecule has 0 radical (unpaired) electrons. The van der Waals surface area contributed by atoms with Crippen LogP contribution in [0.5, 0.6) is 0 Å². The summed E-state index contributed by atoms with van der Waals surface area (Å²) in [6.07, 6.45) is 0.202. The molecule has 0 saturated heterocycles. The first-order chi connectivity index (χ1) is 16.9. The molecule has 0 bridgehead atoms. The summed E-state index contributed by atoms with van der Waals surface area (Å²) in [6, 6.07) is 17.0. The van der Waals surface area contributed by atoms with Gasteiger partial charge in [-0.05, 0) is 48.0 Å². The number of halogens is 3. The average Bonchev–Trinajstić information content (AvgIpc) is 3.30. The minimum absolute atomic E-state index is 0.144. The Morgan fingerprint density at radius 2 is 1.69 bits per heavy atom. The monoisotopic (exact) mass is 513 g/mol. The highest BCUT2D eigenvalue weighted by molar-refractivity contribution is 7.18. The first-order valence-corrected chi connectivity index (χ1v) is 11.5. The predicted molar refractivity (Wildman–Crippen MR) is 131 cm³/mol. The minimum atomic E-state index is -0.966. The third-order valence-electron chi connectivity index (χ3n) is 4.83. The number of anilines is 2. The maximum atomic E-state index is 13.4. The topological polar surface area (TPSA) is 96.0 Å². The Labute approximate surface area is 208 Å². The Balaban J connectivity index is 1.47. The van der Waals surface area contributed by atoms with Gasteiger partial charge in [0.2, 0.25) is 11.0 Å². The van der Waals surface area contributed by atoms with Crippen molar-refractivity contribution in [2.24, 2.45) is 0 Å². The normalized spacial score (nSPS) is 11.5. The van der Waals surface area contributed by atoms with Crippen molar-refractivity contribution in [2.75, 3.05) is 10.6 Å². The van der Waals surface area contributed by atoms with Gasteiger partial charge >= 0.3 is 6.03 Å². The number of nitrogens with zero attached hydrogens (tertiary/aromatic N) is 2. The molecule has 3 N–H and O–H groups in total. The Morgan fingerprint density at radius 1 is 0.943 bits per heavy atom. The summed E-state index contributed by atoms with van der Waals surface area (Å²) >= 11 is 6.88. The van der Waals surface area contributed by atoms with Crippen LogP contribution in [0.1, 0.15) is 5.56 Å². The van der Waals surface area contributed by atoms with E-state index in [1.54, 1.807) is 12.1 Å². The van der Waals surface area contributed by atoms with Crippen LogP contribution in [0.4, 0.5) is 24.4 Å². The molecule has 1 heterocycles. The van der Waals surface area contributed by atoms with E-state index in [0.29, 0.717) is 10.6 Å². The van der Waals surface area contributed by atoms with Crippen LogP contribution in [0.25, 0.3) is 10.6 Å². The molecule has 1 atom stereocenters. The lowest BCUT2D eigenvalue weighted by Crippen LogP contribution is -2.46. The van der Waals surface area contributed by atoms with E-state index in [0.717, 1.165) is 23.0 Å². The van der Waals surface area contributed by atoms with Gasteiger partial charge in [0.15, 0.2) is 0 Å². The third kappa shape index (κ3) is 6.58. The molecule has 0 saturated carbocycles. The van der Waals surface area contributed by atoms with E-state index >= 15 is 0 Å². The summed E-state index contributed by atoms with van der Waals surface area (Å²) in [6.45, 7) is 0. The van der Waals surface area contributed by atoms with Gasteiger partial charge in [0.25, 0.3) is 0 Å². The predicted octanol–water partition coefficient (Wildman–Crippen LogP) is 5.51. The molecule has 3 amide bonds. The number of benzene rings is 3. The molecule has 7 nitrogen and oxygen atoms in total. The average molecular weight is 514 g/mol. The molecule has 1 aromatic heterocycles. The highest BCUT2D eigenvalue weighted by Crippen LogP contribution is 2.26. The van der Waals surface area contributed by atoms with Gasteiger partial charge in [-0.3, -0.25) is 10.1 Å². The van der Waals surface area contributed by atoms with Crippen molar-refractivity contribution < 1.29 is 18.4 Å². The number of rotatable bonds is 7. The Bertz CT molecular complexity index is 1340. The lowest BCUT2D eigenvalue weighted by Gasteiger charge is -2.18. The molecule has 4 rings (SSSR count). The van der Waals surface area contributed by atoms with E-state index in [-0.39, 0.29) is 28.1 Å². The quantitative estimate of drug-likeness (QED) is 0.304. The molecule has 0 spiro atoms. The van der Waals surface area contributed by atoms with Crippen molar-refractivity contribution in [1.82, 2.24) is 15.5 Å². The number of carbonyl (C=O) groups excluding carboxylic acids is 2. The zero-order valence-corrected chi connectivity index (χ0v) is 19.5. The third-order valence-corrected chi connectivity index (χ3v) is 6.01. The molecule has 35 heavy (non-hydrogen) atoms. The molecule has 0 fully saturated rings. The SMILES string of the molecule is O=C(Nc1ccc(F)c(Cl)c1)N[C@H](Cc1ccccc1)C(=O)Nc1nnc(-c2ccc(F)cc2)s1. The van der Waals surface area contributed by atoms with E-state index in [2.05, 4.69) is 26.1 Å². The first kappa shape index (κ1) is 24.2. The van der Waals surface area contributed by atoms with E-state index in [9.17, 15) is 18.4 Å². The molecule has 0 unspecified atom stereocenters. The van der Waals surface area contributed by atoms with Gasteiger partial charge in [0.1, 0.15) is 22.7 Å². The molecule has 11 heteroatoms. The summed E-state index contributed by atoms with van der Waals surface area (Å²) in [4.78, 5) is 25.6. The molecular formula is C24H18ClF2N5O2S. The number of carbonyl (C=O) groups is 2. The van der Waals surface area contributed by atoms with Crippen molar-refractivity contribution in [3.63, 3.8) is 0 Å². The fourth-order valence-electron chi connectivity index (χ4n) is 3.13. The minimum Gasteiger partial charge on any atom is -0.326 e. The zero-order valence-electron chi connectivity index (χ0n) is 18.0. The van der Waals surface area contributed by atoms with Crippen LogP contribution in [0, 0.1) is 11.6 Å². The van der Waals surface area contributed by atoms with E-state index in [4.69, 9.17) is 11.6 Å². The first-order valence-electron chi connectivity index (χ1n) is 10.3. The Kier molecular flexibility index (Phi) is 7.64. The van der Waals surface area contributed by atoms with Gasteiger partial charge in [0, 0.05) is 17.7 Å². The summed E-state index contributed by atoms with van der Waals surface area (Å²) in [5.41, 5.74) is 1.74.